The van der Waals surface area contributed by atoms with Crippen molar-refractivity contribution in [2.75, 3.05) is 12.4 Å². The highest BCUT2D eigenvalue weighted by Crippen LogP contribution is 2.22. The van der Waals surface area contributed by atoms with E-state index in [0.29, 0.717) is 13.0 Å². The first-order valence-corrected chi connectivity index (χ1v) is 7.00. The third kappa shape index (κ3) is 2.74. The zero-order chi connectivity index (χ0) is 12.4. The van der Waals surface area contributed by atoms with E-state index in [1.165, 1.54) is 13.8 Å². The molecule has 1 N–H and O–H groups in total. The van der Waals surface area contributed by atoms with Gasteiger partial charge in [0.05, 0.1) is 11.9 Å². The first-order valence-electron chi connectivity index (χ1n) is 5.34. The molecule has 0 aliphatic carbocycles. The van der Waals surface area contributed by atoms with E-state index in [4.69, 9.17) is 9.84 Å². The van der Waals surface area contributed by atoms with Gasteiger partial charge >= 0.3 is 5.97 Å². The van der Waals surface area contributed by atoms with Crippen molar-refractivity contribution in [2.45, 2.75) is 44.0 Å². The molecule has 1 atom stereocenters. The standard InChI is InChI=1S/C10H18O5S/c1-10(2,9(11)12)16(13,14)7-8-5-3-4-6-15-8/h8H,3-7H2,1-2H3,(H,11,12). The van der Waals surface area contributed by atoms with Crippen molar-refractivity contribution in [3.8, 4) is 0 Å². The van der Waals surface area contributed by atoms with Crippen LogP contribution in [-0.2, 0) is 19.4 Å². The molecular weight excluding hydrogens is 232 g/mol. The van der Waals surface area contributed by atoms with Crippen molar-refractivity contribution < 1.29 is 23.1 Å². The smallest absolute Gasteiger partial charge is 0.324 e. The molecule has 0 aromatic carbocycles. The molecule has 16 heavy (non-hydrogen) atoms. The van der Waals surface area contributed by atoms with Gasteiger partial charge in [-0.15, -0.1) is 0 Å². The summed E-state index contributed by atoms with van der Waals surface area (Å²) in [5.74, 6) is -1.52. The summed E-state index contributed by atoms with van der Waals surface area (Å²) in [5.41, 5.74) is 0. The summed E-state index contributed by atoms with van der Waals surface area (Å²) in [5, 5.41) is 8.89. The average molecular weight is 250 g/mol. The van der Waals surface area contributed by atoms with Gasteiger partial charge in [0, 0.05) is 6.61 Å². The lowest BCUT2D eigenvalue weighted by Crippen LogP contribution is -2.45. The number of rotatable bonds is 4. The van der Waals surface area contributed by atoms with Gasteiger partial charge in [-0.25, -0.2) is 8.42 Å². The topological polar surface area (TPSA) is 80.7 Å². The van der Waals surface area contributed by atoms with E-state index in [9.17, 15) is 13.2 Å². The van der Waals surface area contributed by atoms with Gasteiger partial charge in [0.1, 0.15) is 0 Å². The number of aliphatic carboxylic acids is 1. The van der Waals surface area contributed by atoms with Crippen molar-refractivity contribution in [3.05, 3.63) is 0 Å². The van der Waals surface area contributed by atoms with Gasteiger partial charge in [-0.1, -0.05) is 0 Å². The van der Waals surface area contributed by atoms with E-state index in [-0.39, 0.29) is 11.9 Å². The Hall–Kier alpha value is -0.620. The molecule has 1 fully saturated rings. The van der Waals surface area contributed by atoms with Crippen LogP contribution in [-0.4, -0.2) is 42.7 Å². The maximum Gasteiger partial charge on any atom is 0.324 e. The number of ether oxygens (including phenoxy) is 1. The van der Waals surface area contributed by atoms with Crippen molar-refractivity contribution in [1.29, 1.82) is 0 Å². The van der Waals surface area contributed by atoms with Crippen molar-refractivity contribution >= 4 is 15.8 Å². The van der Waals surface area contributed by atoms with Crippen molar-refractivity contribution in [1.82, 2.24) is 0 Å². The molecule has 1 aliphatic rings. The molecule has 1 heterocycles. The van der Waals surface area contributed by atoms with Crippen LogP contribution in [0.4, 0.5) is 0 Å². The Morgan fingerprint density at radius 1 is 1.44 bits per heavy atom. The number of carboxylic acids is 1. The van der Waals surface area contributed by atoms with Gasteiger partial charge in [-0.3, -0.25) is 4.79 Å². The average Bonchev–Trinajstić information content (AvgIpc) is 2.18. The predicted molar refractivity (Wildman–Crippen MR) is 59.1 cm³/mol. The molecular formula is C10H18O5S. The maximum absolute atomic E-state index is 11.9. The lowest BCUT2D eigenvalue weighted by molar-refractivity contribution is -0.139. The predicted octanol–water partition coefficient (Wildman–Crippen LogP) is 0.833. The van der Waals surface area contributed by atoms with Crippen LogP contribution in [0.1, 0.15) is 33.1 Å². The van der Waals surface area contributed by atoms with Crippen LogP contribution in [0.2, 0.25) is 0 Å². The molecule has 1 unspecified atom stereocenters. The van der Waals surface area contributed by atoms with E-state index in [2.05, 4.69) is 0 Å². The molecule has 0 aromatic heterocycles. The molecule has 0 radical (unpaired) electrons. The van der Waals surface area contributed by atoms with Gasteiger partial charge in [0.2, 0.25) is 0 Å². The largest absolute Gasteiger partial charge is 0.480 e. The van der Waals surface area contributed by atoms with Crippen LogP contribution in [0.25, 0.3) is 0 Å². The second-order valence-electron chi connectivity index (χ2n) is 4.59. The third-order valence-electron chi connectivity index (χ3n) is 2.97. The molecule has 1 saturated heterocycles. The molecule has 0 amide bonds. The Morgan fingerprint density at radius 3 is 2.50 bits per heavy atom. The summed E-state index contributed by atoms with van der Waals surface area (Å²) < 4.78 is 27.4. The minimum atomic E-state index is -3.68. The number of hydrogen-bond acceptors (Lipinski definition) is 4. The van der Waals surface area contributed by atoms with E-state index in [0.717, 1.165) is 12.8 Å². The molecule has 6 heteroatoms. The highest BCUT2D eigenvalue weighted by molar-refractivity contribution is 7.93. The van der Waals surface area contributed by atoms with Gasteiger partial charge in [0.15, 0.2) is 14.6 Å². The zero-order valence-electron chi connectivity index (χ0n) is 9.60. The summed E-state index contributed by atoms with van der Waals surface area (Å²) in [7, 11) is -3.68. The molecule has 94 valence electrons. The number of carbonyl (C=O) groups is 1. The van der Waals surface area contributed by atoms with E-state index < -0.39 is 20.6 Å². The molecule has 1 rings (SSSR count). The van der Waals surface area contributed by atoms with Crippen molar-refractivity contribution in [3.63, 3.8) is 0 Å². The molecule has 5 nitrogen and oxygen atoms in total. The highest BCUT2D eigenvalue weighted by Gasteiger charge is 2.43. The maximum atomic E-state index is 11.9. The summed E-state index contributed by atoms with van der Waals surface area (Å²) in [6.45, 7) is 2.99. The molecule has 0 bridgehead atoms. The lowest BCUT2D eigenvalue weighted by atomic mass is 10.1. The normalized spacial score (nSPS) is 23.0. The molecule has 0 saturated carbocycles. The molecule has 0 spiro atoms. The second-order valence-corrected chi connectivity index (χ2v) is 7.17. The monoisotopic (exact) mass is 250 g/mol. The van der Waals surface area contributed by atoms with E-state index in [1.54, 1.807) is 0 Å². The lowest BCUT2D eigenvalue weighted by Gasteiger charge is -2.26. The summed E-state index contributed by atoms with van der Waals surface area (Å²) in [4.78, 5) is 10.9. The van der Waals surface area contributed by atoms with E-state index >= 15 is 0 Å². The Balaban J connectivity index is 2.74. The van der Waals surface area contributed by atoms with Gasteiger partial charge in [0.25, 0.3) is 0 Å². The van der Waals surface area contributed by atoms with Gasteiger partial charge < -0.3 is 9.84 Å². The summed E-state index contributed by atoms with van der Waals surface area (Å²) in [6, 6.07) is 0. The van der Waals surface area contributed by atoms with Crippen LogP contribution >= 0.6 is 0 Å². The summed E-state index contributed by atoms with van der Waals surface area (Å²) >= 11 is 0. The molecule has 1 aliphatic heterocycles. The Morgan fingerprint density at radius 2 is 2.06 bits per heavy atom. The second kappa shape index (κ2) is 4.71. The van der Waals surface area contributed by atoms with Crippen LogP contribution in [0.3, 0.4) is 0 Å². The summed E-state index contributed by atoms with van der Waals surface area (Å²) in [6.07, 6.45) is 2.22. The fourth-order valence-electron chi connectivity index (χ4n) is 1.52. The van der Waals surface area contributed by atoms with Crippen LogP contribution < -0.4 is 0 Å². The number of sulfone groups is 1. The Bertz CT molecular complexity index is 351. The van der Waals surface area contributed by atoms with Crippen LogP contribution in [0, 0.1) is 0 Å². The van der Waals surface area contributed by atoms with Crippen LogP contribution in [0.15, 0.2) is 0 Å². The molecule has 0 aromatic rings. The Labute approximate surface area is 95.7 Å². The minimum Gasteiger partial charge on any atom is -0.480 e. The van der Waals surface area contributed by atoms with Crippen LogP contribution in [0.5, 0.6) is 0 Å². The first-order chi connectivity index (χ1) is 7.27. The SMILES string of the molecule is CC(C)(C(=O)O)S(=O)(=O)CC1CCCCO1. The fraction of sp³-hybridized carbons (Fsp3) is 0.900. The Kier molecular flexibility index (Phi) is 3.96. The van der Waals surface area contributed by atoms with Crippen molar-refractivity contribution in [2.24, 2.45) is 0 Å². The van der Waals surface area contributed by atoms with Gasteiger partial charge in [-0.2, -0.15) is 0 Å². The number of hydrogen-bond donors (Lipinski definition) is 1. The highest BCUT2D eigenvalue weighted by atomic mass is 32.2. The third-order valence-corrected chi connectivity index (χ3v) is 5.51. The van der Waals surface area contributed by atoms with E-state index in [1.807, 2.05) is 0 Å². The minimum absolute atomic E-state index is 0.202. The zero-order valence-corrected chi connectivity index (χ0v) is 10.4. The first kappa shape index (κ1) is 13.4. The fourth-order valence-corrected chi connectivity index (χ4v) is 2.96. The van der Waals surface area contributed by atoms with Gasteiger partial charge in [-0.05, 0) is 33.1 Å². The quantitative estimate of drug-likeness (QED) is 0.799. The number of carboxylic acid groups (broad SMARTS) is 1.